The van der Waals surface area contributed by atoms with Crippen LogP contribution < -0.4 is 0 Å². The number of fused-ring (bicyclic) bond motifs is 1. The van der Waals surface area contributed by atoms with Crippen molar-refractivity contribution in [3.63, 3.8) is 0 Å². The smallest absolute Gasteiger partial charge is 0.254 e. The quantitative estimate of drug-likeness (QED) is 0.803. The number of carbonyl (C=O) groups is 1. The first-order chi connectivity index (χ1) is 8.75. The highest BCUT2D eigenvalue weighted by molar-refractivity contribution is 6.06. The number of H-pyrrole nitrogens is 1. The standard InChI is InChI=1S/C14H16N2O2/c17-10-3-2-8-16(9-10)14(18)12-4-1-5-13-11(12)6-7-15-13/h1,4-7,10,15,17H,2-3,8-9H2. The zero-order valence-corrected chi connectivity index (χ0v) is 10.1. The molecule has 1 amide bonds. The lowest BCUT2D eigenvalue weighted by Crippen LogP contribution is -2.42. The van der Waals surface area contributed by atoms with Gasteiger partial charge in [-0.2, -0.15) is 0 Å². The van der Waals surface area contributed by atoms with Crippen LogP contribution in [0.4, 0.5) is 0 Å². The number of nitrogens with zero attached hydrogens (tertiary/aromatic N) is 1. The van der Waals surface area contributed by atoms with Crippen molar-refractivity contribution >= 4 is 16.8 Å². The second-order valence-electron chi connectivity index (χ2n) is 4.79. The molecule has 1 aliphatic rings. The van der Waals surface area contributed by atoms with Crippen molar-refractivity contribution in [2.24, 2.45) is 0 Å². The van der Waals surface area contributed by atoms with E-state index in [4.69, 9.17) is 0 Å². The van der Waals surface area contributed by atoms with Gasteiger partial charge in [0.2, 0.25) is 0 Å². The maximum atomic E-state index is 12.5. The molecular formula is C14H16N2O2. The van der Waals surface area contributed by atoms with Crippen LogP contribution in [0.1, 0.15) is 23.2 Å². The van der Waals surface area contributed by atoms with Gasteiger partial charge in [0, 0.05) is 35.8 Å². The lowest BCUT2D eigenvalue weighted by atomic mass is 10.0. The Morgan fingerprint density at radius 2 is 2.28 bits per heavy atom. The summed E-state index contributed by atoms with van der Waals surface area (Å²) in [5, 5.41) is 10.6. The van der Waals surface area contributed by atoms with E-state index >= 15 is 0 Å². The SMILES string of the molecule is O=C(c1cccc2[nH]ccc12)N1CCCC(O)C1. The van der Waals surface area contributed by atoms with Gasteiger partial charge in [-0.25, -0.2) is 0 Å². The fourth-order valence-electron chi connectivity index (χ4n) is 2.58. The molecule has 2 aromatic rings. The molecule has 0 bridgehead atoms. The summed E-state index contributed by atoms with van der Waals surface area (Å²) in [5.41, 5.74) is 1.68. The number of amides is 1. The number of aliphatic hydroxyl groups excluding tert-OH is 1. The molecule has 1 atom stereocenters. The van der Waals surface area contributed by atoms with Crippen LogP contribution in [0, 0.1) is 0 Å². The fourth-order valence-corrected chi connectivity index (χ4v) is 2.58. The predicted molar refractivity (Wildman–Crippen MR) is 69.4 cm³/mol. The second-order valence-corrected chi connectivity index (χ2v) is 4.79. The summed E-state index contributed by atoms with van der Waals surface area (Å²) >= 11 is 0. The number of aliphatic hydroxyl groups is 1. The molecule has 1 fully saturated rings. The number of hydrogen-bond donors (Lipinski definition) is 2. The fraction of sp³-hybridized carbons (Fsp3) is 0.357. The lowest BCUT2D eigenvalue weighted by Gasteiger charge is -2.30. The van der Waals surface area contributed by atoms with Gasteiger partial charge in [0.15, 0.2) is 0 Å². The Labute approximate surface area is 105 Å². The molecule has 1 aliphatic heterocycles. The number of benzene rings is 1. The van der Waals surface area contributed by atoms with Gasteiger partial charge in [0.05, 0.1) is 6.10 Å². The number of nitrogens with one attached hydrogen (secondary N) is 1. The molecule has 1 saturated heterocycles. The van der Waals surface area contributed by atoms with E-state index in [1.165, 1.54) is 0 Å². The molecule has 94 valence electrons. The average Bonchev–Trinajstić information content (AvgIpc) is 2.86. The zero-order chi connectivity index (χ0) is 12.5. The van der Waals surface area contributed by atoms with Gasteiger partial charge in [0.1, 0.15) is 0 Å². The van der Waals surface area contributed by atoms with Gasteiger partial charge in [-0.15, -0.1) is 0 Å². The molecule has 0 radical (unpaired) electrons. The lowest BCUT2D eigenvalue weighted by molar-refractivity contribution is 0.0475. The first-order valence-corrected chi connectivity index (χ1v) is 6.29. The minimum atomic E-state index is -0.381. The number of carbonyl (C=O) groups excluding carboxylic acids is 1. The van der Waals surface area contributed by atoms with Crippen molar-refractivity contribution in [2.45, 2.75) is 18.9 Å². The van der Waals surface area contributed by atoms with E-state index in [1.807, 2.05) is 30.5 Å². The van der Waals surface area contributed by atoms with Crippen LogP contribution in [0.2, 0.25) is 0 Å². The van der Waals surface area contributed by atoms with Crippen LogP contribution in [-0.2, 0) is 0 Å². The van der Waals surface area contributed by atoms with Crippen molar-refractivity contribution in [3.05, 3.63) is 36.0 Å². The zero-order valence-electron chi connectivity index (χ0n) is 10.1. The minimum absolute atomic E-state index is 0.0129. The van der Waals surface area contributed by atoms with Crippen LogP contribution in [0.5, 0.6) is 0 Å². The highest BCUT2D eigenvalue weighted by Crippen LogP contribution is 2.21. The van der Waals surface area contributed by atoms with E-state index in [1.54, 1.807) is 4.90 Å². The molecule has 3 rings (SSSR count). The van der Waals surface area contributed by atoms with Gasteiger partial charge in [0.25, 0.3) is 5.91 Å². The van der Waals surface area contributed by atoms with Crippen molar-refractivity contribution < 1.29 is 9.90 Å². The second kappa shape index (κ2) is 4.46. The monoisotopic (exact) mass is 244 g/mol. The molecule has 4 nitrogen and oxygen atoms in total. The first kappa shape index (κ1) is 11.3. The van der Waals surface area contributed by atoms with Gasteiger partial charge < -0.3 is 15.0 Å². The molecule has 1 aromatic carbocycles. The van der Waals surface area contributed by atoms with Crippen molar-refractivity contribution in [1.82, 2.24) is 9.88 Å². The molecule has 2 N–H and O–H groups in total. The maximum Gasteiger partial charge on any atom is 0.254 e. The Morgan fingerprint density at radius 3 is 3.11 bits per heavy atom. The largest absolute Gasteiger partial charge is 0.391 e. The number of β-amino-alcohol motifs (C(OH)–C–C–N with tert-alkyl or cyclic N) is 1. The first-order valence-electron chi connectivity index (χ1n) is 6.29. The average molecular weight is 244 g/mol. The van der Waals surface area contributed by atoms with Crippen LogP contribution >= 0.6 is 0 Å². The number of piperidine rings is 1. The molecule has 0 spiro atoms. The normalized spacial score (nSPS) is 20.3. The molecule has 2 heterocycles. The molecule has 1 unspecified atom stereocenters. The summed E-state index contributed by atoms with van der Waals surface area (Å²) in [6.07, 6.45) is 3.12. The van der Waals surface area contributed by atoms with E-state index in [-0.39, 0.29) is 12.0 Å². The number of likely N-dealkylation sites (tertiary alicyclic amines) is 1. The predicted octanol–water partition coefficient (Wildman–Crippen LogP) is 1.76. The summed E-state index contributed by atoms with van der Waals surface area (Å²) in [4.78, 5) is 17.3. The number of hydrogen-bond acceptors (Lipinski definition) is 2. The number of rotatable bonds is 1. The van der Waals surface area contributed by atoms with Crippen molar-refractivity contribution in [2.75, 3.05) is 13.1 Å². The van der Waals surface area contributed by atoms with Crippen LogP contribution in [0.15, 0.2) is 30.5 Å². The molecule has 1 aromatic heterocycles. The molecule has 0 aliphatic carbocycles. The minimum Gasteiger partial charge on any atom is -0.391 e. The third-order valence-corrected chi connectivity index (χ3v) is 3.51. The Kier molecular flexibility index (Phi) is 2.80. The molecular weight excluding hydrogens is 228 g/mol. The van der Waals surface area contributed by atoms with Crippen LogP contribution in [0.3, 0.4) is 0 Å². The van der Waals surface area contributed by atoms with Crippen molar-refractivity contribution in [1.29, 1.82) is 0 Å². The number of aromatic nitrogens is 1. The Hall–Kier alpha value is -1.81. The summed E-state index contributed by atoms with van der Waals surface area (Å²) in [6, 6.07) is 7.60. The van der Waals surface area contributed by atoms with Gasteiger partial charge >= 0.3 is 0 Å². The Balaban J connectivity index is 1.94. The Morgan fingerprint density at radius 1 is 1.39 bits per heavy atom. The third kappa shape index (κ3) is 1.88. The molecule has 0 saturated carbocycles. The highest BCUT2D eigenvalue weighted by atomic mass is 16.3. The van der Waals surface area contributed by atoms with Crippen LogP contribution in [-0.4, -0.2) is 40.1 Å². The van der Waals surface area contributed by atoms with Crippen molar-refractivity contribution in [3.8, 4) is 0 Å². The van der Waals surface area contributed by atoms with Gasteiger partial charge in [-0.05, 0) is 31.0 Å². The third-order valence-electron chi connectivity index (χ3n) is 3.51. The molecule has 4 heteroatoms. The summed E-state index contributed by atoms with van der Waals surface area (Å²) in [7, 11) is 0. The van der Waals surface area contributed by atoms with Gasteiger partial charge in [-0.3, -0.25) is 4.79 Å². The highest BCUT2D eigenvalue weighted by Gasteiger charge is 2.24. The maximum absolute atomic E-state index is 12.5. The van der Waals surface area contributed by atoms with E-state index in [2.05, 4.69) is 4.98 Å². The molecule has 18 heavy (non-hydrogen) atoms. The van der Waals surface area contributed by atoms with Gasteiger partial charge in [-0.1, -0.05) is 6.07 Å². The van der Waals surface area contributed by atoms with E-state index in [9.17, 15) is 9.90 Å². The summed E-state index contributed by atoms with van der Waals surface area (Å²) in [5.74, 6) is 0.0129. The van der Waals surface area contributed by atoms with E-state index in [0.717, 1.165) is 30.3 Å². The van der Waals surface area contributed by atoms with E-state index in [0.29, 0.717) is 12.1 Å². The van der Waals surface area contributed by atoms with E-state index < -0.39 is 0 Å². The summed E-state index contributed by atoms with van der Waals surface area (Å²) in [6.45, 7) is 1.18. The summed E-state index contributed by atoms with van der Waals surface area (Å²) < 4.78 is 0. The Bertz CT molecular complexity index is 576. The topological polar surface area (TPSA) is 56.3 Å². The van der Waals surface area contributed by atoms with Crippen LogP contribution in [0.25, 0.3) is 10.9 Å². The number of aromatic amines is 1.